The largest absolute Gasteiger partial charge is 0.0619 e. The van der Waals surface area contributed by atoms with Gasteiger partial charge in [0.05, 0.1) is 0 Å². The fourth-order valence-electron chi connectivity index (χ4n) is 5.55. The number of hydrogen-bond donors (Lipinski definition) is 0. The first-order chi connectivity index (χ1) is 14.9. The second-order valence-corrected chi connectivity index (χ2v) is 8.53. The van der Waals surface area contributed by atoms with Crippen molar-refractivity contribution in [2.24, 2.45) is 0 Å². The first-order valence-corrected chi connectivity index (χ1v) is 10.7. The summed E-state index contributed by atoms with van der Waals surface area (Å²) < 4.78 is 0. The van der Waals surface area contributed by atoms with E-state index in [0.717, 1.165) is 12.8 Å². The lowest BCUT2D eigenvalue weighted by atomic mass is 9.92. The summed E-state index contributed by atoms with van der Waals surface area (Å²) in [6, 6.07) is 36.1. The van der Waals surface area contributed by atoms with Gasteiger partial charge in [-0.05, 0) is 85.3 Å². The number of rotatable bonds is 1. The van der Waals surface area contributed by atoms with Crippen LogP contribution in [-0.4, -0.2) is 0 Å². The van der Waals surface area contributed by atoms with Crippen molar-refractivity contribution in [2.75, 3.05) is 0 Å². The van der Waals surface area contributed by atoms with E-state index in [1.165, 1.54) is 66.4 Å². The summed E-state index contributed by atoms with van der Waals surface area (Å²) in [6.45, 7) is 0. The molecule has 0 heterocycles. The van der Waals surface area contributed by atoms with Gasteiger partial charge in [-0.3, -0.25) is 0 Å². The average Bonchev–Trinajstić information content (AvgIpc) is 3.37. The van der Waals surface area contributed by atoms with Crippen LogP contribution < -0.4 is 0 Å². The van der Waals surface area contributed by atoms with E-state index in [1.54, 1.807) is 0 Å². The lowest BCUT2D eigenvalue weighted by Crippen LogP contribution is -1.90. The van der Waals surface area contributed by atoms with Crippen molar-refractivity contribution in [1.82, 2.24) is 0 Å². The molecule has 5 aromatic carbocycles. The summed E-state index contributed by atoms with van der Waals surface area (Å²) in [5.41, 5.74) is 14.1. The smallest absolute Gasteiger partial charge is 0.000728 e. The van der Waals surface area contributed by atoms with Crippen molar-refractivity contribution < 1.29 is 0 Å². The fourth-order valence-corrected chi connectivity index (χ4v) is 5.55. The molecule has 2 aliphatic rings. The Morgan fingerprint density at radius 3 is 1.83 bits per heavy atom. The molecule has 0 spiro atoms. The molecule has 0 N–H and O–H groups in total. The van der Waals surface area contributed by atoms with E-state index in [-0.39, 0.29) is 0 Å². The third-order valence-electron chi connectivity index (χ3n) is 6.97. The first kappa shape index (κ1) is 16.2. The molecule has 0 radical (unpaired) electrons. The third kappa shape index (κ3) is 2.16. The molecule has 0 heteroatoms. The molecule has 30 heavy (non-hydrogen) atoms. The second-order valence-electron chi connectivity index (χ2n) is 8.53. The second kappa shape index (κ2) is 5.93. The van der Waals surface area contributed by atoms with Crippen molar-refractivity contribution in [3.8, 4) is 33.4 Å². The minimum absolute atomic E-state index is 1.03. The van der Waals surface area contributed by atoms with Gasteiger partial charge in [-0.1, -0.05) is 91.0 Å². The van der Waals surface area contributed by atoms with Crippen LogP contribution in [0.15, 0.2) is 97.1 Å². The molecule has 0 atom stereocenters. The lowest BCUT2D eigenvalue weighted by Gasteiger charge is -2.12. The third-order valence-corrected chi connectivity index (χ3v) is 6.97. The van der Waals surface area contributed by atoms with Crippen LogP contribution in [0.3, 0.4) is 0 Å². The normalized spacial score (nSPS) is 13.1. The van der Waals surface area contributed by atoms with Crippen LogP contribution in [0.2, 0.25) is 0 Å². The Morgan fingerprint density at radius 2 is 1.03 bits per heavy atom. The van der Waals surface area contributed by atoms with E-state index < -0.39 is 0 Å². The number of benzene rings is 5. The van der Waals surface area contributed by atoms with Crippen molar-refractivity contribution >= 4 is 10.8 Å². The highest BCUT2D eigenvalue weighted by atomic mass is 14.3. The van der Waals surface area contributed by atoms with E-state index in [1.807, 2.05) is 0 Å². The van der Waals surface area contributed by atoms with Gasteiger partial charge in [0.25, 0.3) is 0 Å². The monoisotopic (exact) mass is 380 g/mol. The summed E-state index contributed by atoms with van der Waals surface area (Å²) in [4.78, 5) is 0. The Kier molecular flexibility index (Phi) is 3.20. The molecule has 0 nitrogen and oxygen atoms in total. The Morgan fingerprint density at radius 1 is 0.433 bits per heavy atom. The summed E-state index contributed by atoms with van der Waals surface area (Å²) >= 11 is 0. The molecule has 0 unspecified atom stereocenters. The predicted molar refractivity (Wildman–Crippen MR) is 126 cm³/mol. The van der Waals surface area contributed by atoms with Gasteiger partial charge in [0.15, 0.2) is 0 Å². The Hall–Kier alpha value is -3.64. The van der Waals surface area contributed by atoms with Gasteiger partial charge in [-0.25, -0.2) is 0 Å². The van der Waals surface area contributed by atoms with Gasteiger partial charge < -0.3 is 0 Å². The summed E-state index contributed by atoms with van der Waals surface area (Å²) in [7, 11) is 0. The van der Waals surface area contributed by atoms with Gasteiger partial charge in [-0.2, -0.15) is 0 Å². The topological polar surface area (TPSA) is 0 Å². The molecule has 0 fully saturated rings. The summed E-state index contributed by atoms with van der Waals surface area (Å²) in [5.74, 6) is 0. The van der Waals surface area contributed by atoms with Crippen molar-refractivity contribution in [2.45, 2.75) is 12.8 Å². The minimum atomic E-state index is 1.03. The molecule has 0 bridgehead atoms. The highest BCUT2D eigenvalue weighted by molar-refractivity contribution is 5.98. The molecule has 140 valence electrons. The highest BCUT2D eigenvalue weighted by Crippen LogP contribution is 2.44. The molecule has 0 amide bonds. The van der Waals surface area contributed by atoms with Crippen LogP contribution in [0.4, 0.5) is 0 Å². The maximum Gasteiger partial charge on any atom is -0.000728 e. The molecule has 5 aromatic rings. The molecule has 7 rings (SSSR count). The zero-order chi connectivity index (χ0) is 19.7. The Labute approximate surface area is 176 Å². The van der Waals surface area contributed by atoms with Crippen LogP contribution in [0.5, 0.6) is 0 Å². The van der Waals surface area contributed by atoms with Crippen LogP contribution in [0, 0.1) is 0 Å². The van der Waals surface area contributed by atoms with Crippen molar-refractivity contribution in [1.29, 1.82) is 0 Å². The maximum atomic E-state index is 2.43. The molecule has 0 aliphatic heterocycles. The van der Waals surface area contributed by atoms with Gasteiger partial charge in [0, 0.05) is 0 Å². The van der Waals surface area contributed by atoms with E-state index >= 15 is 0 Å². The summed E-state index contributed by atoms with van der Waals surface area (Å²) in [5, 5.41) is 2.73. The van der Waals surface area contributed by atoms with Crippen LogP contribution >= 0.6 is 0 Å². The fraction of sp³-hybridized carbons (Fsp3) is 0.0667. The molecular weight excluding hydrogens is 360 g/mol. The van der Waals surface area contributed by atoms with Gasteiger partial charge in [0.1, 0.15) is 0 Å². The first-order valence-electron chi connectivity index (χ1n) is 10.7. The lowest BCUT2D eigenvalue weighted by molar-refractivity contribution is 1.26. The molecular formula is C30H20. The zero-order valence-electron chi connectivity index (χ0n) is 16.7. The van der Waals surface area contributed by atoms with E-state index in [4.69, 9.17) is 0 Å². The van der Waals surface area contributed by atoms with Crippen molar-refractivity contribution in [3.05, 3.63) is 119 Å². The zero-order valence-corrected chi connectivity index (χ0v) is 16.7. The van der Waals surface area contributed by atoms with E-state index in [9.17, 15) is 0 Å². The van der Waals surface area contributed by atoms with E-state index in [2.05, 4.69) is 97.1 Å². The highest BCUT2D eigenvalue weighted by Gasteiger charge is 2.23. The standard InChI is InChI=1S/C30H20/c1-3-8-23-20(6-1)17-29-25(10-5-11-26(23)29)22-13-12-19-14-15-27-24-9-4-2-7-21(24)18-30(27)28(19)16-22/h1-16H,17-18H2. The Balaban J connectivity index is 1.43. The van der Waals surface area contributed by atoms with Gasteiger partial charge in [0.2, 0.25) is 0 Å². The number of fused-ring (bicyclic) bond motifs is 8. The average molecular weight is 380 g/mol. The van der Waals surface area contributed by atoms with Crippen LogP contribution in [-0.2, 0) is 12.8 Å². The van der Waals surface area contributed by atoms with Crippen LogP contribution in [0.25, 0.3) is 44.2 Å². The van der Waals surface area contributed by atoms with Gasteiger partial charge in [-0.15, -0.1) is 0 Å². The van der Waals surface area contributed by atoms with Crippen molar-refractivity contribution in [3.63, 3.8) is 0 Å². The van der Waals surface area contributed by atoms with E-state index in [0.29, 0.717) is 0 Å². The molecule has 2 aliphatic carbocycles. The predicted octanol–water partition coefficient (Wildman–Crippen LogP) is 7.65. The molecule has 0 saturated heterocycles. The Bertz CT molecular complexity index is 1490. The van der Waals surface area contributed by atoms with Crippen LogP contribution in [0.1, 0.15) is 22.3 Å². The molecule has 0 saturated carbocycles. The quantitative estimate of drug-likeness (QED) is 0.274. The minimum Gasteiger partial charge on any atom is -0.0619 e. The SMILES string of the molecule is c1ccc2c(c1)Cc1c(-c3ccc4ccc5c(c4c3)Cc3ccccc3-5)cccc1-2. The van der Waals surface area contributed by atoms with Gasteiger partial charge >= 0.3 is 0 Å². The summed E-state index contributed by atoms with van der Waals surface area (Å²) in [6.07, 6.45) is 2.06. The molecule has 0 aromatic heterocycles. The maximum absolute atomic E-state index is 2.43. The number of hydrogen-bond acceptors (Lipinski definition) is 0.